The lowest BCUT2D eigenvalue weighted by atomic mass is 10.0. The SMILES string of the molecule is C/C=C1\NC(=O)[C@H](C)NC(=O)[C@H](C(C)C)NC(=O)[C@H](NC(=O)[C@H](Cc2ccccc2)N[C@H](C)C(C)=O)[C@@H](C)OC1=O. The van der Waals surface area contributed by atoms with E-state index in [1.54, 1.807) is 20.8 Å². The van der Waals surface area contributed by atoms with E-state index in [2.05, 4.69) is 26.6 Å². The number of benzene rings is 1. The fraction of sp³-hybridized carbons (Fsp3) is 0.517. The minimum Gasteiger partial charge on any atom is -0.455 e. The monoisotopic (exact) mass is 571 g/mol. The topological polar surface area (TPSA) is 172 Å². The molecular weight excluding hydrogens is 530 g/mol. The molecule has 1 saturated heterocycles. The van der Waals surface area contributed by atoms with Crippen LogP contribution in [0.15, 0.2) is 42.1 Å². The Hall–Kier alpha value is -4.06. The number of rotatable bonds is 8. The van der Waals surface area contributed by atoms with Gasteiger partial charge in [-0.25, -0.2) is 4.79 Å². The van der Waals surface area contributed by atoms with Crippen LogP contribution in [-0.2, 0) is 39.9 Å². The number of carbonyl (C=O) groups is 6. The second-order valence-electron chi connectivity index (χ2n) is 10.5. The molecule has 0 radical (unpaired) electrons. The Morgan fingerprint density at radius 2 is 1.61 bits per heavy atom. The molecule has 0 aromatic heterocycles. The van der Waals surface area contributed by atoms with Gasteiger partial charge in [0.15, 0.2) is 0 Å². The van der Waals surface area contributed by atoms with Gasteiger partial charge in [0.2, 0.25) is 23.6 Å². The Morgan fingerprint density at radius 3 is 2.17 bits per heavy atom. The highest BCUT2D eigenvalue weighted by molar-refractivity contribution is 5.99. The molecule has 0 aliphatic carbocycles. The van der Waals surface area contributed by atoms with Crippen LogP contribution >= 0.6 is 0 Å². The average Bonchev–Trinajstić information content (AvgIpc) is 2.92. The van der Waals surface area contributed by atoms with E-state index >= 15 is 0 Å². The van der Waals surface area contributed by atoms with Crippen LogP contribution < -0.4 is 26.6 Å². The van der Waals surface area contributed by atoms with Gasteiger partial charge in [-0.3, -0.25) is 29.3 Å². The van der Waals surface area contributed by atoms with Crippen molar-refractivity contribution in [1.29, 1.82) is 0 Å². The van der Waals surface area contributed by atoms with Crippen LogP contribution in [0.4, 0.5) is 0 Å². The van der Waals surface area contributed by atoms with Crippen molar-refractivity contribution in [2.45, 2.75) is 91.2 Å². The number of esters is 1. The molecule has 6 atom stereocenters. The Kier molecular flexibility index (Phi) is 12.2. The second-order valence-corrected chi connectivity index (χ2v) is 10.5. The summed E-state index contributed by atoms with van der Waals surface area (Å²) in [6.07, 6.45) is 0.320. The fourth-order valence-corrected chi connectivity index (χ4v) is 4.08. The summed E-state index contributed by atoms with van der Waals surface area (Å²) in [5, 5.41) is 13.3. The van der Waals surface area contributed by atoms with Gasteiger partial charge in [0.25, 0.3) is 0 Å². The highest BCUT2D eigenvalue weighted by Crippen LogP contribution is 2.11. The summed E-state index contributed by atoms with van der Waals surface area (Å²) in [5.74, 6) is -4.14. The highest BCUT2D eigenvalue weighted by Gasteiger charge is 2.37. The predicted octanol–water partition coefficient (Wildman–Crippen LogP) is 0.260. The van der Waals surface area contributed by atoms with Crippen molar-refractivity contribution in [3.05, 3.63) is 47.7 Å². The Bertz CT molecular complexity index is 1170. The van der Waals surface area contributed by atoms with Crippen molar-refractivity contribution in [3.63, 3.8) is 0 Å². The minimum absolute atomic E-state index is 0.182. The number of hydrogen-bond donors (Lipinski definition) is 5. The third-order valence-electron chi connectivity index (χ3n) is 6.77. The molecule has 12 heteroatoms. The van der Waals surface area contributed by atoms with E-state index in [0.717, 1.165) is 5.56 Å². The summed E-state index contributed by atoms with van der Waals surface area (Å²) in [7, 11) is 0. The molecule has 1 aliphatic heterocycles. The van der Waals surface area contributed by atoms with Crippen LogP contribution in [0.2, 0.25) is 0 Å². The number of allylic oxidation sites excluding steroid dienone is 1. The third-order valence-corrected chi connectivity index (χ3v) is 6.77. The van der Waals surface area contributed by atoms with Crippen molar-refractivity contribution >= 4 is 35.4 Å². The van der Waals surface area contributed by atoms with Crippen molar-refractivity contribution in [2.75, 3.05) is 0 Å². The zero-order valence-electron chi connectivity index (χ0n) is 24.6. The lowest BCUT2D eigenvalue weighted by Gasteiger charge is -2.30. The van der Waals surface area contributed by atoms with E-state index in [0.29, 0.717) is 0 Å². The zero-order valence-corrected chi connectivity index (χ0v) is 24.6. The van der Waals surface area contributed by atoms with Crippen LogP contribution in [0, 0.1) is 5.92 Å². The van der Waals surface area contributed by atoms with Crippen molar-refractivity contribution in [3.8, 4) is 0 Å². The van der Waals surface area contributed by atoms with Crippen LogP contribution in [0.5, 0.6) is 0 Å². The summed E-state index contributed by atoms with van der Waals surface area (Å²) in [4.78, 5) is 77.7. The number of nitrogens with one attached hydrogen (secondary N) is 5. The number of ether oxygens (including phenoxy) is 1. The summed E-state index contributed by atoms with van der Waals surface area (Å²) >= 11 is 0. The number of hydrogen-bond acceptors (Lipinski definition) is 8. The first-order valence-corrected chi connectivity index (χ1v) is 13.6. The molecule has 0 saturated carbocycles. The standard InChI is InChI=1S/C29H41N5O7/c1-8-21-29(40)41-19(7)24(28(39)33-23(15(2)3)27(38)31-17(5)25(36)32-21)34-26(37)22(30-16(4)18(6)35)14-20-12-10-9-11-13-20/h8-13,15-17,19,22-24,30H,14H2,1-7H3,(H,31,38)(H,32,36)(H,33,39)(H,34,37)/b21-8-/t16-,17+,19-,22+,23+,24-/m1/s1. The molecule has 2 rings (SSSR count). The number of cyclic esters (lactones) is 1. The fourth-order valence-electron chi connectivity index (χ4n) is 4.08. The molecule has 5 N–H and O–H groups in total. The van der Waals surface area contributed by atoms with Crippen molar-refractivity contribution < 1.29 is 33.5 Å². The molecule has 1 aromatic carbocycles. The van der Waals surface area contributed by atoms with Gasteiger partial charge in [-0.1, -0.05) is 50.3 Å². The Balaban J connectivity index is 2.45. The zero-order chi connectivity index (χ0) is 30.9. The molecule has 1 heterocycles. The lowest BCUT2D eigenvalue weighted by Crippen LogP contribution is -2.62. The Morgan fingerprint density at radius 1 is 0.976 bits per heavy atom. The van der Waals surface area contributed by atoms with Gasteiger partial charge in [-0.15, -0.1) is 0 Å². The molecule has 0 unspecified atom stereocenters. The molecule has 1 aliphatic rings. The highest BCUT2D eigenvalue weighted by atomic mass is 16.5. The maximum Gasteiger partial charge on any atom is 0.354 e. The maximum absolute atomic E-state index is 13.6. The lowest BCUT2D eigenvalue weighted by molar-refractivity contribution is -0.149. The van der Waals surface area contributed by atoms with Crippen LogP contribution in [-0.4, -0.2) is 71.7 Å². The molecule has 1 fully saturated rings. The first kappa shape index (κ1) is 33.1. The predicted molar refractivity (Wildman–Crippen MR) is 151 cm³/mol. The van der Waals surface area contributed by atoms with Gasteiger partial charge >= 0.3 is 5.97 Å². The van der Waals surface area contributed by atoms with E-state index in [-0.39, 0.29) is 23.8 Å². The largest absolute Gasteiger partial charge is 0.455 e. The van der Waals surface area contributed by atoms with Crippen LogP contribution in [0.3, 0.4) is 0 Å². The number of ketones is 1. The van der Waals surface area contributed by atoms with Gasteiger partial charge in [-0.2, -0.15) is 0 Å². The van der Waals surface area contributed by atoms with Crippen LogP contribution in [0.25, 0.3) is 0 Å². The molecule has 4 amide bonds. The first-order valence-electron chi connectivity index (χ1n) is 13.6. The van der Waals surface area contributed by atoms with Gasteiger partial charge in [-0.05, 0) is 52.5 Å². The van der Waals surface area contributed by atoms with Gasteiger partial charge in [0.05, 0.1) is 12.1 Å². The summed E-state index contributed by atoms with van der Waals surface area (Å²) < 4.78 is 5.50. The normalized spacial score (nSPS) is 24.9. The average molecular weight is 572 g/mol. The van der Waals surface area contributed by atoms with E-state index < -0.39 is 65.9 Å². The summed E-state index contributed by atoms with van der Waals surface area (Å²) in [6.45, 7) is 10.8. The van der Waals surface area contributed by atoms with E-state index in [1.807, 2.05) is 30.3 Å². The first-order chi connectivity index (χ1) is 19.2. The number of carbonyl (C=O) groups excluding carboxylic acids is 6. The summed E-state index contributed by atoms with van der Waals surface area (Å²) in [5.41, 5.74) is 0.626. The van der Waals surface area contributed by atoms with Gasteiger partial charge < -0.3 is 26.0 Å². The molecule has 1 aromatic rings. The molecule has 0 bridgehead atoms. The quantitative estimate of drug-likeness (QED) is 0.218. The third kappa shape index (κ3) is 9.52. The van der Waals surface area contributed by atoms with Gasteiger partial charge in [0.1, 0.15) is 35.7 Å². The Labute approximate surface area is 240 Å². The second kappa shape index (κ2) is 15.1. The molecular formula is C29H41N5O7. The van der Waals surface area contributed by atoms with Crippen molar-refractivity contribution in [1.82, 2.24) is 26.6 Å². The minimum atomic E-state index is -1.42. The number of amides is 4. The van der Waals surface area contributed by atoms with Crippen LogP contribution in [0.1, 0.15) is 54.0 Å². The van der Waals surface area contributed by atoms with Crippen molar-refractivity contribution in [2.24, 2.45) is 5.92 Å². The summed E-state index contributed by atoms with van der Waals surface area (Å²) in [6, 6.07) is 4.05. The molecule has 41 heavy (non-hydrogen) atoms. The maximum atomic E-state index is 13.6. The number of Topliss-reactive ketones (excluding diaryl/α,β-unsaturated/α-hetero) is 1. The molecule has 12 nitrogen and oxygen atoms in total. The molecule has 0 spiro atoms. The van der Waals surface area contributed by atoms with E-state index in [4.69, 9.17) is 4.74 Å². The van der Waals surface area contributed by atoms with E-state index in [1.165, 1.54) is 33.8 Å². The van der Waals surface area contributed by atoms with E-state index in [9.17, 15) is 28.8 Å². The molecule has 224 valence electrons. The smallest absolute Gasteiger partial charge is 0.354 e. The van der Waals surface area contributed by atoms with Gasteiger partial charge in [0, 0.05) is 0 Å².